The molecule has 0 aliphatic carbocycles. The van der Waals surface area contributed by atoms with Crippen LogP contribution in [0.3, 0.4) is 0 Å². The Balaban J connectivity index is 1.67. The van der Waals surface area contributed by atoms with Crippen molar-refractivity contribution in [3.63, 3.8) is 0 Å². The summed E-state index contributed by atoms with van der Waals surface area (Å²) in [5.74, 6) is -0.0715. The molecule has 6 heteroatoms. The molecule has 6 nitrogen and oxygen atoms in total. The number of carbonyl (C=O) groups excluding carboxylic acids is 2. The predicted molar refractivity (Wildman–Crippen MR) is 78.5 cm³/mol. The normalized spacial score (nSPS) is 18.8. The summed E-state index contributed by atoms with van der Waals surface area (Å²) in [4.78, 5) is 29.9. The smallest absolute Gasteiger partial charge is 0.242 e. The van der Waals surface area contributed by atoms with Gasteiger partial charge in [-0.2, -0.15) is 0 Å². The van der Waals surface area contributed by atoms with Crippen molar-refractivity contribution in [3.05, 3.63) is 30.6 Å². The van der Waals surface area contributed by atoms with Gasteiger partial charge in [-0.05, 0) is 19.1 Å². The van der Waals surface area contributed by atoms with Gasteiger partial charge < -0.3 is 14.8 Å². The molecule has 2 aromatic rings. The lowest BCUT2D eigenvalue weighted by molar-refractivity contribution is -0.142. The molecule has 1 N–H and O–H groups in total. The Morgan fingerprint density at radius 3 is 3.10 bits per heavy atom. The van der Waals surface area contributed by atoms with Crippen LogP contribution in [0.5, 0.6) is 0 Å². The summed E-state index contributed by atoms with van der Waals surface area (Å²) >= 11 is 0. The lowest BCUT2D eigenvalue weighted by Gasteiger charge is -2.32. The molecule has 3 rings (SSSR count). The first kappa shape index (κ1) is 13.6. The lowest BCUT2D eigenvalue weighted by atomic mass is 10.2. The van der Waals surface area contributed by atoms with Crippen molar-refractivity contribution in [2.75, 3.05) is 13.1 Å². The number of hydrogen-bond acceptors (Lipinski definition) is 3. The van der Waals surface area contributed by atoms with E-state index in [4.69, 9.17) is 0 Å². The van der Waals surface area contributed by atoms with Gasteiger partial charge in [0.1, 0.15) is 6.04 Å². The molecule has 1 aromatic heterocycles. The molecule has 1 saturated heterocycles. The van der Waals surface area contributed by atoms with Crippen LogP contribution in [0.25, 0.3) is 11.0 Å². The Morgan fingerprint density at radius 1 is 1.43 bits per heavy atom. The summed E-state index contributed by atoms with van der Waals surface area (Å²) in [6.45, 7) is 3.45. The number of para-hydroxylation sites is 2. The van der Waals surface area contributed by atoms with Gasteiger partial charge in [-0.15, -0.1) is 0 Å². The van der Waals surface area contributed by atoms with Crippen LogP contribution in [0, 0.1) is 0 Å². The maximum Gasteiger partial charge on any atom is 0.242 e. The Hall–Kier alpha value is -2.37. The maximum atomic E-state index is 12.3. The summed E-state index contributed by atoms with van der Waals surface area (Å²) in [5, 5.41) is 2.76. The van der Waals surface area contributed by atoms with Crippen LogP contribution in [-0.4, -0.2) is 45.4 Å². The number of fused-ring (bicyclic) bond motifs is 1. The number of piperazine rings is 1. The van der Waals surface area contributed by atoms with Crippen LogP contribution < -0.4 is 5.32 Å². The maximum absolute atomic E-state index is 12.3. The average Bonchev–Trinajstić information content (AvgIpc) is 2.91. The van der Waals surface area contributed by atoms with E-state index in [1.165, 1.54) is 0 Å². The molecule has 0 radical (unpaired) electrons. The number of benzene rings is 1. The fraction of sp³-hybridized carbons (Fsp3) is 0.400. The van der Waals surface area contributed by atoms with Crippen molar-refractivity contribution in [2.24, 2.45) is 0 Å². The molecule has 1 aliphatic heterocycles. The number of hydrogen-bond donors (Lipinski definition) is 1. The van der Waals surface area contributed by atoms with E-state index in [-0.39, 0.29) is 17.9 Å². The molecule has 2 heterocycles. The number of aryl methyl sites for hydroxylation is 1. The second-order valence-corrected chi connectivity index (χ2v) is 5.23. The lowest BCUT2D eigenvalue weighted by Crippen LogP contribution is -2.55. The molecule has 1 aliphatic rings. The molecule has 1 fully saturated rings. The Bertz CT molecular complexity index is 679. The van der Waals surface area contributed by atoms with Gasteiger partial charge in [0.15, 0.2) is 0 Å². The number of imidazole rings is 1. The zero-order valence-electron chi connectivity index (χ0n) is 12.0. The molecule has 1 aromatic carbocycles. The number of nitrogens with one attached hydrogen (secondary N) is 1. The first-order valence-corrected chi connectivity index (χ1v) is 7.14. The van der Waals surface area contributed by atoms with E-state index in [1.54, 1.807) is 18.2 Å². The van der Waals surface area contributed by atoms with Gasteiger partial charge in [-0.25, -0.2) is 4.98 Å². The van der Waals surface area contributed by atoms with E-state index < -0.39 is 0 Å². The van der Waals surface area contributed by atoms with Crippen molar-refractivity contribution in [3.8, 4) is 0 Å². The molecule has 0 bridgehead atoms. The standard InChI is InChI=1S/C15H18N4O2/c1-11-15(21)16-7-9-19(11)14(20)6-8-18-10-17-12-4-2-3-5-13(12)18/h2-5,10-11H,6-9H2,1H3,(H,16,21). The Morgan fingerprint density at radius 2 is 2.24 bits per heavy atom. The second-order valence-electron chi connectivity index (χ2n) is 5.23. The molecular weight excluding hydrogens is 268 g/mol. The molecule has 1 atom stereocenters. The molecule has 0 spiro atoms. The van der Waals surface area contributed by atoms with Gasteiger partial charge in [-0.1, -0.05) is 12.1 Å². The van der Waals surface area contributed by atoms with Crippen molar-refractivity contribution >= 4 is 22.8 Å². The highest BCUT2D eigenvalue weighted by molar-refractivity contribution is 5.88. The number of nitrogens with zero attached hydrogens (tertiary/aromatic N) is 3. The summed E-state index contributed by atoms with van der Waals surface area (Å²) < 4.78 is 1.97. The SMILES string of the molecule is CC1C(=O)NCCN1C(=O)CCn1cnc2ccccc21. The second kappa shape index (κ2) is 5.55. The fourth-order valence-corrected chi connectivity index (χ4v) is 2.67. The highest BCUT2D eigenvalue weighted by atomic mass is 16.2. The summed E-state index contributed by atoms with van der Waals surface area (Å²) in [7, 11) is 0. The highest BCUT2D eigenvalue weighted by Crippen LogP contribution is 2.13. The summed E-state index contributed by atoms with van der Waals surface area (Å²) in [5.41, 5.74) is 1.95. The molecule has 1 unspecified atom stereocenters. The predicted octanol–water partition coefficient (Wildman–Crippen LogP) is 0.773. The molecular formula is C15H18N4O2. The minimum absolute atomic E-state index is 0.00938. The van der Waals surface area contributed by atoms with Gasteiger partial charge >= 0.3 is 0 Å². The number of aromatic nitrogens is 2. The van der Waals surface area contributed by atoms with Gasteiger partial charge in [0, 0.05) is 26.1 Å². The van der Waals surface area contributed by atoms with Crippen LogP contribution in [0.1, 0.15) is 13.3 Å². The van der Waals surface area contributed by atoms with Crippen LogP contribution >= 0.6 is 0 Å². The third kappa shape index (κ3) is 2.61. The van der Waals surface area contributed by atoms with E-state index in [0.717, 1.165) is 11.0 Å². The number of rotatable bonds is 3. The van der Waals surface area contributed by atoms with E-state index in [1.807, 2.05) is 28.8 Å². The Labute approximate surface area is 122 Å². The average molecular weight is 286 g/mol. The summed E-state index contributed by atoms with van der Waals surface area (Å²) in [6, 6.07) is 7.46. The van der Waals surface area contributed by atoms with Crippen LogP contribution in [-0.2, 0) is 16.1 Å². The summed E-state index contributed by atoms with van der Waals surface area (Å²) in [6.07, 6.45) is 2.13. The quantitative estimate of drug-likeness (QED) is 0.906. The minimum Gasteiger partial charge on any atom is -0.353 e. The molecule has 2 amide bonds. The highest BCUT2D eigenvalue weighted by Gasteiger charge is 2.28. The van der Waals surface area contributed by atoms with Crippen LogP contribution in [0.15, 0.2) is 30.6 Å². The van der Waals surface area contributed by atoms with Crippen molar-refractivity contribution in [1.82, 2.24) is 19.8 Å². The molecule has 21 heavy (non-hydrogen) atoms. The van der Waals surface area contributed by atoms with Gasteiger partial charge in [0.2, 0.25) is 11.8 Å². The third-order valence-corrected chi connectivity index (χ3v) is 3.91. The zero-order valence-corrected chi connectivity index (χ0v) is 12.0. The van der Waals surface area contributed by atoms with Crippen molar-refractivity contribution < 1.29 is 9.59 Å². The molecule has 0 saturated carbocycles. The first-order chi connectivity index (χ1) is 10.2. The van der Waals surface area contributed by atoms with E-state index in [2.05, 4.69) is 10.3 Å². The monoisotopic (exact) mass is 286 g/mol. The number of carbonyl (C=O) groups is 2. The van der Waals surface area contributed by atoms with Gasteiger partial charge in [0.05, 0.1) is 17.4 Å². The van der Waals surface area contributed by atoms with Gasteiger partial charge in [-0.3, -0.25) is 9.59 Å². The van der Waals surface area contributed by atoms with Crippen molar-refractivity contribution in [2.45, 2.75) is 25.9 Å². The van der Waals surface area contributed by atoms with Crippen LogP contribution in [0.2, 0.25) is 0 Å². The van der Waals surface area contributed by atoms with E-state index >= 15 is 0 Å². The van der Waals surface area contributed by atoms with Crippen LogP contribution in [0.4, 0.5) is 0 Å². The third-order valence-electron chi connectivity index (χ3n) is 3.91. The Kier molecular flexibility index (Phi) is 3.60. The first-order valence-electron chi connectivity index (χ1n) is 7.14. The topological polar surface area (TPSA) is 67.2 Å². The van der Waals surface area contributed by atoms with Crippen molar-refractivity contribution in [1.29, 1.82) is 0 Å². The largest absolute Gasteiger partial charge is 0.353 e. The van der Waals surface area contributed by atoms with E-state index in [0.29, 0.717) is 26.1 Å². The fourth-order valence-electron chi connectivity index (χ4n) is 2.67. The minimum atomic E-state index is -0.384. The molecule has 110 valence electrons. The van der Waals surface area contributed by atoms with E-state index in [9.17, 15) is 9.59 Å². The number of amides is 2. The van der Waals surface area contributed by atoms with Gasteiger partial charge in [0.25, 0.3) is 0 Å². The zero-order chi connectivity index (χ0) is 14.8.